The Morgan fingerprint density at radius 2 is 2.19 bits per heavy atom. The van der Waals surface area contributed by atoms with Crippen molar-refractivity contribution in [1.82, 2.24) is 24.6 Å². The number of hydrogen-bond donors (Lipinski definition) is 0. The second kappa shape index (κ2) is 8.14. The van der Waals surface area contributed by atoms with E-state index in [0.29, 0.717) is 32.9 Å². The first-order valence-corrected chi connectivity index (χ1v) is 9.52. The van der Waals surface area contributed by atoms with Gasteiger partial charge in [0.25, 0.3) is 5.91 Å². The van der Waals surface area contributed by atoms with Crippen LogP contribution in [0.5, 0.6) is 0 Å². The van der Waals surface area contributed by atoms with Crippen LogP contribution in [0.4, 0.5) is 0 Å². The maximum atomic E-state index is 13.0. The number of likely N-dealkylation sites (tertiary alicyclic amines) is 1. The summed E-state index contributed by atoms with van der Waals surface area (Å²) in [5.41, 5.74) is 3.31. The number of nitrogens with zero attached hydrogens (tertiary/aromatic N) is 5. The summed E-state index contributed by atoms with van der Waals surface area (Å²) in [6, 6.07) is 1.66. The minimum Gasteiger partial charge on any atom is -0.383 e. The van der Waals surface area contributed by atoms with E-state index in [1.807, 2.05) is 9.58 Å². The van der Waals surface area contributed by atoms with E-state index in [1.54, 1.807) is 25.6 Å². The van der Waals surface area contributed by atoms with Crippen molar-refractivity contribution in [2.45, 2.75) is 44.9 Å². The number of ether oxygens (including phenoxy) is 2. The summed E-state index contributed by atoms with van der Waals surface area (Å²) in [6.07, 6.45) is 7.01. The first-order chi connectivity index (χ1) is 13.3. The molecule has 2 aliphatic heterocycles. The second-order valence-electron chi connectivity index (χ2n) is 6.91. The van der Waals surface area contributed by atoms with Crippen LogP contribution >= 0.6 is 0 Å². The van der Waals surface area contributed by atoms with E-state index in [9.17, 15) is 4.79 Å². The standard InChI is InChI=1S/C19H25N5O3/c1-26-12-10-24-15-6-11-27-13-14(15)17(22-24)16-5-2-3-9-23(16)19(25)18-20-7-4-8-21-18/h4,7-8,16H,2-3,5-6,9-13H2,1H3. The van der Waals surface area contributed by atoms with E-state index >= 15 is 0 Å². The highest BCUT2D eigenvalue weighted by atomic mass is 16.5. The largest absolute Gasteiger partial charge is 0.383 e. The zero-order valence-electron chi connectivity index (χ0n) is 15.6. The van der Waals surface area contributed by atoms with Crippen LogP contribution < -0.4 is 0 Å². The Morgan fingerprint density at radius 1 is 1.33 bits per heavy atom. The highest BCUT2D eigenvalue weighted by molar-refractivity contribution is 5.90. The van der Waals surface area contributed by atoms with Crippen LogP contribution in [-0.2, 0) is 29.0 Å². The lowest BCUT2D eigenvalue weighted by atomic mass is 9.95. The monoisotopic (exact) mass is 371 g/mol. The van der Waals surface area contributed by atoms with Crippen molar-refractivity contribution >= 4 is 5.91 Å². The molecule has 144 valence electrons. The van der Waals surface area contributed by atoms with Gasteiger partial charge in [-0.25, -0.2) is 9.97 Å². The van der Waals surface area contributed by atoms with E-state index < -0.39 is 0 Å². The molecule has 4 heterocycles. The predicted octanol–water partition coefficient (Wildman–Crippen LogP) is 1.76. The molecule has 2 aliphatic rings. The smallest absolute Gasteiger partial charge is 0.292 e. The van der Waals surface area contributed by atoms with Gasteiger partial charge in [0.05, 0.1) is 38.1 Å². The Kier molecular flexibility index (Phi) is 5.45. The van der Waals surface area contributed by atoms with Gasteiger partial charge in [0.15, 0.2) is 0 Å². The van der Waals surface area contributed by atoms with Gasteiger partial charge >= 0.3 is 0 Å². The molecule has 0 saturated carbocycles. The van der Waals surface area contributed by atoms with Gasteiger partial charge in [0, 0.05) is 43.7 Å². The molecule has 0 radical (unpaired) electrons. The molecule has 0 aromatic carbocycles. The highest BCUT2D eigenvalue weighted by Crippen LogP contribution is 2.35. The van der Waals surface area contributed by atoms with Crippen molar-refractivity contribution in [3.63, 3.8) is 0 Å². The number of amides is 1. The number of aromatic nitrogens is 4. The first-order valence-electron chi connectivity index (χ1n) is 9.52. The average molecular weight is 371 g/mol. The maximum absolute atomic E-state index is 13.0. The van der Waals surface area contributed by atoms with Crippen molar-refractivity contribution in [3.8, 4) is 0 Å². The summed E-state index contributed by atoms with van der Waals surface area (Å²) in [7, 11) is 1.70. The van der Waals surface area contributed by atoms with Crippen molar-refractivity contribution < 1.29 is 14.3 Å². The van der Waals surface area contributed by atoms with Gasteiger partial charge in [-0.1, -0.05) is 0 Å². The summed E-state index contributed by atoms with van der Waals surface area (Å²) in [5.74, 6) is 0.116. The minimum absolute atomic E-state index is 0.0608. The van der Waals surface area contributed by atoms with Gasteiger partial charge in [-0.3, -0.25) is 9.48 Å². The fourth-order valence-electron chi connectivity index (χ4n) is 3.96. The summed E-state index contributed by atoms with van der Waals surface area (Å²) in [4.78, 5) is 23.2. The molecule has 4 rings (SSSR count). The summed E-state index contributed by atoms with van der Waals surface area (Å²) in [5, 5.41) is 4.90. The van der Waals surface area contributed by atoms with Crippen molar-refractivity contribution in [1.29, 1.82) is 0 Å². The third kappa shape index (κ3) is 3.59. The lowest BCUT2D eigenvalue weighted by Crippen LogP contribution is -2.40. The van der Waals surface area contributed by atoms with E-state index in [2.05, 4.69) is 9.97 Å². The number of hydrogen-bond acceptors (Lipinski definition) is 6. The third-order valence-electron chi connectivity index (χ3n) is 5.27. The number of methoxy groups -OCH3 is 1. The van der Waals surface area contributed by atoms with Crippen molar-refractivity contribution in [2.24, 2.45) is 0 Å². The molecule has 1 unspecified atom stereocenters. The molecular formula is C19H25N5O3. The Labute approximate surface area is 158 Å². The molecule has 1 atom stereocenters. The molecule has 2 aromatic rings. The fraction of sp³-hybridized carbons (Fsp3) is 0.579. The molecule has 1 saturated heterocycles. The lowest BCUT2D eigenvalue weighted by molar-refractivity contribution is 0.0583. The Balaban J connectivity index is 1.67. The van der Waals surface area contributed by atoms with Crippen molar-refractivity contribution in [3.05, 3.63) is 41.2 Å². The Bertz CT molecular complexity index is 792. The maximum Gasteiger partial charge on any atom is 0.292 e. The van der Waals surface area contributed by atoms with Crippen molar-refractivity contribution in [2.75, 3.05) is 26.9 Å². The zero-order chi connectivity index (χ0) is 18.6. The van der Waals surface area contributed by atoms with Crippen LogP contribution in [0, 0.1) is 0 Å². The molecule has 27 heavy (non-hydrogen) atoms. The molecule has 0 spiro atoms. The zero-order valence-corrected chi connectivity index (χ0v) is 15.6. The quantitative estimate of drug-likeness (QED) is 0.796. The number of rotatable bonds is 5. The SMILES string of the molecule is COCCn1nc(C2CCCCN2C(=O)c2ncccn2)c2c1CCOC2. The molecule has 8 nitrogen and oxygen atoms in total. The summed E-state index contributed by atoms with van der Waals surface area (Å²) >= 11 is 0. The number of piperidine rings is 1. The van der Waals surface area contributed by atoms with Gasteiger partial charge in [0.1, 0.15) is 0 Å². The summed E-state index contributed by atoms with van der Waals surface area (Å²) in [6.45, 7) is 3.28. The highest BCUT2D eigenvalue weighted by Gasteiger charge is 2.35. The molecule has 1 fully saturated rings. The summed E-state index contributed by atoms with van der Waals surface area (Å²) < 4.78 is 13.0. The van der Waals surface area contributed by atoms with Gasteiger partial charge in [-0.05, 0) is 25.3 Å². The molecule has 0 aliphatic carbocycles. The van der Waals surface area contributed by atoms with E-state index in [4.69, 9.17) is 14.6 Å². The first kappa shape index (κ1) is 18.1. The Hall–Kier alpha value is -2.32. The molecule has 2 aromatic heterocycles. The lowest BCUT2D eigenvalue weighted by Gasteiger charge is -2.35. The molecule has 8 heteroatoms. The molecular weight excluding hydrogens is 346 g/mol. The topological polar surface area (TPSA) is 82.4 Å². The van der Waals surface area contributed by atoms with Gasteiger partial charge in [0.2, 0.25) is 5.82 Å². The molecule has 1 amide bonds. The van der Waals surface area contributed by atoms with Crippen LogP contribution in [0.15, 0.2) is 18.5 Å². The molecule has 0 bridgehead atoms. The second-order valence-corrected chi connectivity index (χ2v) is 6.91. The van der Waals surface area contributed by atoms with Crippen LogP contribution in [0.2, 0.25) is 0 Å². The third-order valence-corrected chi connectivity index (χ3v) is 5.27. The van der Waals surface area contributed by atoms with E-state index in [1.165, 1.54) is 5.69 Å². The normalized spacial score (nSPS) is 19.7. The number of fused-ring (bicyclic) bond motifs is 1. The van der Waals surface area contributed by atoms with Gasteiger partial charge in [-0.15, -0.1) is 0 Å². The Morgan fingerprint density at radius 3 is 3.00 bits per heavy atom. The predicted molar refractivity (Wildman–Crippen MR) is 97.1 cm³/mol. The minimum atomic E-state index is -0.128. The van der Waals surface area contributed by atoms with E-state index in [0.717, 1.165) is 36.9 Å². The van der Waals surface area contributed by atoms with Crippen LogP contribution in [0.1, 0.15) is 52.9 Å². The fourth-order valence-corrected chi connectivity index (χ4v) is 3.96. The van der Waals surface area contributed by atoms with Gasteiger partial charge in [-0.2, -0.15) is 5.10 Å². The van der Waals surface area contributed by atoms with E-state index in [-0.39, 0.29) is 17.8 Å². The van der Waals surface area contributed by atoms with Crippen LogP contribution in [-0.4, -0.2) is 57.4 Å². The van der Waals surface area contributed by atoms with Crippen LogP contribution in [0.3, 0.4) is 0 Å². The van der Waals surface area contributed by atoms with Gasteiger partial charge < -0.3 is 14.4 Å². The molecule has 0 N–H and O–H groups in total. The number of carbonyl (C=O) groups excluding carboxylic acids is 1. The average Bonchev–Trinajstić information content (AvgIpc) is 3.11. The number of carbonyl (C=O) groups is 1. The van der Waals surface area contributed by atoms with Crippen LogP contribution in [0.25, 0.3) is 0 Å².